The molecule has 1 amide bonds. The lowest BCUT2D eigenvalue weighted by Crippen LogP contribution is -2.63. The number of rotatable bonds is 5. The number of carbonyl (C=O) groups excluding carboxylic acids is 1. The number of nitrogens with zero attached hydrogens (tertiary/aromatic N) is 1. The fourth-order valence-corrected chi connectivity index (χ4v) is 6.07. The average molecular weight is 391 g/mol. The largest absolute Gasteiger partial charge is 0.484 e. The van der Waals surface area contributed by atoms with Crippen LogP contribution in [0.2, 0.25) is 0 Å². The van der Waals surface area contributed by atoms with Crippen LogP contribution in [0.15, 0.2) is 60.7 Å². The van der Waals surface area contributed by atoms with Gasteiger partial charge in [0.05, 0.1) is 6.04 Å². The molecule has 5 atom stereocenters. The molecular formula is C25H30N2O2. The van der Waals surface area contributed by atoms with Gasteiger partial charge in [0.2, 0.25) is 0 Å². The third-order valence-corrected chi connectivity index (χ3v) is 7.44. The molecule has 1 N–H and O–H groups in total. The van der Waals surface area contributed by atoms with Crippen LogP contribution in [0.3, 0.4) is 0 Å². The first kappa shape index (κ1) is 18.7. The summed E-state index contributed by atoms with van der Waals surface area (Å²) in [5.41, 5.74) is 1.48. The van der Waals surface area contributed by atoms with Gasteiger partial charge in [0, 0.05) is 23.5 Å². The van der Waals surface area contributed by atoms with E-state index in [4.69, 9.17) is 4.74 Å². The molecule has 4 heteroatoms. The van der Waals surface area contributed by atoms with E-state index in [-0.39, 0.29) is 24.0 Å². The van der Waals surface area contributed by atoms with Crippen LogP contribution in [-0.2, 0) is 11.2 Å². The fourth-order valence-electron chi connectivity index (χ4n) is 6.07. The van der Waals surface area contributed by atoms with Crippen molar-refractivity contribution in [3.05, 3.63) is 66.2 Å². The minimum atomic E-state index is 0.110. The SMILES string of the molecule is C[C@]12C[C@@H]3N[C@H]1CCC[C@H]2N(C(=O)COc1ccccc1)[C@H]3Cc1ccccc1. The van der Waals surface area contributed by atoms with Gasteiger partial charge in [-0.15, -0.1) is 0 Å². The molecule has 29 heavy (non-hydrogen) atoms. The molecule has 5 rings (SSSR count). The molecule has 152 valence electrons. The zero-order chi connectivity index (χ0) is 19.8. The summed E-state index contributed by atoms with van der Waals surface area (Å²) in [5.74, 6) is 0.881. The number of fused-ring (bicyclic) bond motifs is 1. The van der Waals surface area contributed by atoms with E-state index in [0.717, 1.165) is 18.6 Å². The molecule has 2 aliphatic heterocycles. The van der Waals surface area contributed by atoms with E-state index in [1.807, 2.05) is 30.3 Å². The van der Waals surface area contributed by atoms with Gasteiger partial charge in [-0.3, -0.25) is 4.79 Å². The van der Waals surface area contributed by atoms with E-state index in [0.29, 0.717) is 18.1 Å². The maximum Gasteiger partial charge on any atom is 0.261 e. The maximum atomic E-state index is 13.5. The van der Waals surface area contributed by atoms with Crippen molar-refractivity contribution >= 4 is 5.91 Å². The molecule has 3 fully saturated rings. The van der Waals surface area contributed by atoms with Gasteiger partial charge in [-0.1, -0.05) is 55.5 Å². The Bertz CT molecular complexity index is 856. The summed E-state index contributed by atoms with van der Waals surface area (Å²) >= 11 is 0. The van der Waals surface area contributed by atoms with E-state index in [2.05, 4.69) is 47.5 Å². The van der Waals surface area contributed by atoms with Gasteiger partial charge in [-0.2, -0.15) is 0 Å². The van der Waals surface area contributed by atoms with Crippen molar-refractivity contribution < 1.29 is 9.53 Å². The van der Waals surface area contributed by atoms with Crippen molar-refractivity contribution in [2.24, 2.45) is 5.41 Å². The number of hydrogen-bond donors (Lipinski definition) is 1. The minimum Gasteiger partial charge on any atom is -0.484 e. The zero-order valence-electron chi connectivity index (χ0n) is 17.1. The highest BCUT2D eigenvalue weighted by atomic mass is 16.5. The monoisotopic (exact) mass is 390 g/mol. The van der Waals surface area contributed by atoms with Crippen molar-refractivity contribution in [2.75, 3.05) is 6.61 Å². The highest BCUT2D eigenvalue weighted by Gasteiger charge is 2.60. The van der Waals surface area contributed by atoms with Gasteiger partial charge >= 0.3 is 0 Å². The van der Waals surface area contributed by atoms with E-state index >= 15 is 0 Å². The van der Waals surface area contributed by atoms with Crippen molar-refractivity contribution in [1.29, 1.82) is 0 Å². The quantitative estimate of drug-likeness (QED) is 0.844. The first-order chi connectivity index (χ1) is 14.1. The molecule has 0 radical (unpaired) electrons. The first-order valence-corrected chi connectivity index (χ1v) is 10.9. The second-order valence-corrected chi connectivity index (χ2v) is 9.14. The smallest absolute Gasteiger partial charge is 0.261 e. The molecule has 0 spiro atoms. The highest BCUT2D eigenvalue weighted by Crippen LogP contribution is 2.52. The summed E-state index contributed by atoms with van der Waals surface area (Å²) in [7, 11) is 0. The predicted molar refractivity (Wildman–Crippen MR) is 114 cm³/mol. The first-order valence-electron chi connectivity index (χ1n) is 10.9. The molecule has 0 aromatic heterocycles. The van der Waals surface area contributed by atoms with Crippen LogP contribution in [0.25, 0.3) is 0 Å². The van der Waals surface area contributed by atoms with Crippen LogP contribution in [0.5, 0.6) is 5.75 Å². The highest BCUT2D eigenvalue weighted by molar-refractivity contribution is 5.79. The number of nitrogens with one attached hydrogen (secondary N) is 1. The number of para-hydroxylation sites is 1. The number of carbonyl (C=O) groups is 1. The molecule has 2 bridgehead atoms. The summed E-state index contributed by atoms with van der Waals surface area (Å²) in [6.45, 7) is 2.50. The fraction of sp³-hybridized carbons (Fsp3) is 0.480. The minimum absolute atomic E-state index is 0.110. The number of benzene rings is 2. The van der Waals surface area contributed by atoms with Crippen molar-refractivity contribution in [2.45, 2.75) is 63.2 Å². The Morgan fingerprint density at radius 1 is 1.10 bits per heavy atom. The lowest BCUT2D eigenvalue weighted by molar-refractivity contribution is -0.146. The maximum absolute atomic E-state index is 13.5. The van der Waals surface area contributed by atoms with Crippen LogP contribution in [-0.4, -0.2) is 41.6 Å². The number of ether oxygens (including phenoxy) is 1. The van der Waals surface area contributed by atoms with Gasteiger partial charge in [0.1, 0.15) is 5.75 Å². The molecule has 2 aromatic rings. The summed E-state index contributed by atoms with van der Waals surface area (Å²) in [4.78, 5) is 15.7. The molecular weight excluding hydrogens is 360 g/mol. The third kappa shape index (κ3) is 3.33. The molecule has 0 unspecified atom stereocenters. The van der Waals surface area contributed by atoms with Gasteiger partial charge in [-0.25, -0.2) is 0 Å². The van der Waals surface area contributed by atoms with Crippen molar-refractivity contribution in [1.82, 2.24) is 10.2 Å². The molecule has 2 aromatic carbocycles. The number of hydrogen-bond acceptors (Lipinski definition) is 3. The molecule has 2 heterocycles. The van der Waals surface area contributed by atoms with E-state index in [1.165, 1.54) is 24.8 Å². The number of likely N-dealkylation sites (tertiary alicyclic amines) is 1. The van der Waals surface area contributed by atoms with E-state index in [1.54, 1.807) is 0 Å². The average Bonchev–Trinajstić information content (AvgIpc) is 3.10. The van der Waals surface area contributed by atoms with Gasteiger partial charge < -0.3 is 15.0 Å². The molecule has 1 aliphatic carbocycles. The Hall–Kier alpha value is -2.33. The Morgan fingerprint density at radius 3 is 2.59 bits per heavy atom. The van der Waals surface area contributed by atoms with Gasteiger partial charge in [0.15, 0.2) is 6.61 Å². The standard InChI is InChI=1S/C25H30N2O2/c1-25-16-20-21(15-18-9-4-2-5-10-18)27(23(25)14-8-13-22(25)26-20)24(28)17-29-19-11-6-3-7-12-19/h2-7,9-12,20-23,26H,8,13-17H2,1H3/t20-,21-,22-,23+,25-/m0/s1. The third-order valence-electron chi connectivity index (χ3n) is 7.44. The number of amides is 1. The van der Waals surface area contributed by atoms with Gasteiger partial charge in [0.25, 0.3) is 5.91 Å². The van der Waals surface area contributed by atoms with Crippen molar-refractivity contribution in [3.8, 4) is 5.75 Å². The second kappa shape index (κ2) is 7.49. The Morgan fingerprint density at radius 2 is 1.83 bits per heavy atom. The van der Waals surface area contributed by atoms with E-state index in [9.17, 15) is 4.79 Å². The van der Waals surface area contributed by atoms with Crippen LogP contribution in [0.4, 0.5) is 0 Å². The zero-order valence-corrected chi connectivity index (χ0v) is 17.1. The van der Waals surface area contributed by atoms with Gasteiger partial charge in [-0.05, 0) is 49.8 Å². The van der Waals surface area contributed by atoms with Crippen LogP contribution in [0, 0.1) is 5.41 Å². The van der Waals surface area contributed by atoms with Crippen LogP contribution < -0.4 is 10.1 Å². The summed E-state index contributed by atoms with van der Waals surface area (Å²) in [6.07, 6.45) is 5.58. The summed E-state index contributed by atoms with van der Waals surface area (Å²) < 4.78 is 5.87. The van der Waals surface area contributed by atoms with Crippen molar-refractivity contribution in [3.63, 3.8) is 0 Å². The number of piperidine rings is 1. The molecule has 4 nitrogen and oxygen atoms in total. The van der Waals surface area contributed by atoms with Crippen LogP contribution >= 0.6 is 0 Å². The summed E-state index contributed by atoms with van der Waals surface area (Å²) in [5, 5.41) is 3.92. The van der Waals surface area contributed by atoms with E-state index < -0.39 is 0 Å². The Balaban J connectivity index is 1.42. The normalized spacial score (nSPS) is 32.8. The second-order valence-electron chi connectivity index (χ2n) is 9.14. The molecule has 3 aliphatic rings. The lowest BCUT2D eigenvalue weighted by Gasteiger charge is -2.53. The molecule has 1 saturated carbocycles. The Kier molecular flexibility index (Phi) is 4.83. The summed E-state index contributed by atoms with van der Waals surface area (Å²) in [6, 6.07) is 21.6. The predicted octanol–water partition coefficient (Wildman–Crippen LogP) is 3.81. The Labute approximate surface area is 173 Å². The molecule has 2 saturated heterocycles. The topological polar surface area (TPSA) is 41.6 Å². The van der Waals surface area contributed by atoms with Crippen LogP contribution in [0.1, 0.15) is 38.2 Å². The lowest BCUT2D eigenvalue weighted by atomic mass is 9.64.